The summed E-state index contributed by atoms with van der Waals surface area (Å²) in [4.78, 5) is 26.0. The van der Waals surface area contributed by atoms with Crippen molar-refractivity contribution in [2.24, 2.45) is 5.73 Å². The first-order valence-corrected chi connectivity index (χ1v) is 6.74. The van der Waals surface area contributed by atoms with Crippen molar-refractivity contribution in [3.05, 3.63) is 30.1 Å². The summed E-state index contributed by atoms with van der Waals surface area (Å²) in [6.45, 7) is 1.79. The zero-order chi connectivity index (χ0) is 15.4. The molecule has 0 aromatic heterocycles. The van der Waals surface area contributed by atoms with Crippen molar-refractivity contribution in [1.29, 1.82) is 0 Å². The number of hydrogen-bond donors (Lipinski definition) is 2. The second kappa shape index (κ2) is 6.53. The van der Waals surface area contributed by atoms with E-state index in [-0.39, 0.29) is 18.1 Å². The van der Waals surface area contributed by atoms with E-state index in [1.54, 1.807) is 18.2 Å². The van der Waals surface area contributed by atoms with E-state index in [1.165, 1.54) is 11.0 Å². The number of benzene rings is 1. The summed E-state index contributed by atoms with van der Waals surface area (Å²) in [6.07, 6.45) is -0.383. The molecule has 1 aliphatic heterocycles. The Balaban J connectivity index is 1.93. The number of para-hydroxylation sites is 1. The Kier molecular flexibility index (Phi) is 4.74. The molecule has 1 heterocycles. The molecule has 114 valence electrons. The van der Waals surface area contributed by atoms with Crippen LogP contribution in [0.1, 0.15) is 6.42 Å². The quantitative estimate of drug-likeness (QED) is 0.833. The molecule has 1 aromatic rings. The summed E-state index contributed by atoms with van der Waals surface area (Å²) in [5, 5.41) is 8.65. The molecule has 21 heavy (non-hydrogen) atoms. The van der Waals surface area contributed by atoms with E-state index in [9.17, 15) is 14.0 Å². The maximum absolute atomic E-state index is 13.7. The van der Waals surface area contributed by atoms with E-state index in [2.05, 4.69) is 0 Å². The summed E-state index contributed by atoms with van der Waals surface area (Å²) in [7, 11) is 0. The highest BCUT2D eigenvalue weighted by Gasteiger charge is 2.27. The minimum Gasteiger partial charge on any atom is -0.481 e. The van der Waals surface area contributed by atoms with E-state index < -0.39 is 12.0 Å². The number of piperazine rings is 1. The van der Waals surface area contributed by atoms with E-state index >= 15 is 0 Å². The average Bonchev–Trinajstić information content (AvgIpc) is 2.46. The van der Waals surface area contributed by atoms with Crippen LogP contribution in [0.3, 0.4) is 0 Å². The number of aliphatic carboxylic acids is 1. The van der Waals surface area contributed by atoms with Gasteiger partial charge in [-0.2, -0.15) is 0 Å². The molecular weight excluding hydrogens is 277 g/mol. The van der Waals surface area contributed by atoms with E-state index in [1.807, 2.05) is 4.90 Å². The lowest BCUT2D eigenvalue weighted by Gasteiger charge is -2.37. The Morgan fingerprint density at radius 3 is 2.43 bits per heavy atom. The van der Waals surface area contributed by atoms with Crippen LogP contribution < -0.4 is 10.6 Å². The Hall–Kier alpha value is -2.15. The Morgan fingerprint density at radius 1 is 1.24 bits per heavy atom. The third-order valence-corrected chi connectivity index (χ3v) is 3.50. The minimum atomic E-state index is -1.10. The van der Waals surface area contributed by atoms with Crippen molar-refractivity contribution >= 4 is 17.6 Å². The van der Waals surface area contributed by atoms with Crippen LogP contribution in [0.25, 0.3) is 0 Å². The summed E-state index contributed by atoms with van der Waals surface area (Å²) in [5.74, 6) is -1.76. The zero-order valence-corrected chi connectivity index (χ0v) is 11.5. The van der Waals surface area contributed by atoms with E-state index in [0.717, 1.165) is 0 Å². The van der Waals surface area contributed by atoms with Crippen molar-refractivity contribution in [3.8, 4) is 0 Å². The first kappa shape index (κ1) is 15.2. The number of nitrogens with zero attached hydrogens (tertiary/aromatic N) is 2. The van der Waals surface area contributed by atoms with Crippen LogP contribution >= 0.6 is 0 Å². The molecule has 1 aromatic carbocycles. The van der Waals surface area contributed by atoms with Crippen LogP contribution in [0.2, 0.25) is 0 Å². The summed E-state index contributed by atoms with van der Waals surface area (Å²) < 4.78 is 13.7. The van der Waals surface area contributed by atoms with Gasteiger partial charge in [0.25, 0.3) is 0 Å². The number of amides is 1. The van der Waals surface area contributed by atoms with Gasteiger partial charge < -0.3 is 20.6 Å². The molecule has 0 saturated carbocycles. The molecule has 1 unspecified atom stereocenters. The maximum Gasteiger partial charge on any atom is 0.305 e. The van der Waals surface area contributed by atoms with Gasteiger partial charge in [0.05, 0.1) is 18.2 Å². The molecule has 1 amide bonds. The maximum atomic E-state index is 13.7. The first-order chi connectivity index (χ1) is 9.99. The average molecular weight is 295 g/mol. The van der Waals surface area contributed by atoms with Crippen LogP contribution in [-0.2, 0) is 9.59 Å². The molecule has 2 rings (SSSR count). The van der Waals surface area contributed by atoms with Gasteiger partial charge in [0, 0.05) is 26.2 Å². The Bertz CT molecular complexity index is 530. The van der Waals surface area contributed by atoms with Gasteiger partial charge in [0.2, 0.25) is 5.91 Å². The number of carboxylic acids is 1. The van der Waals surface area contributed by atoms with Crippen LogP contribution in [0.5, 0.6) is 0 Å². The van der Waals surface area contributed by atoms with Crippen molar-refractivity contribution in [1.82, 2.24) is 4.90 Å². The number of nitrogens with two attached hydrogens (primary N) is 1. The fraction of sp³-hybridized carbons (Fsp3) is 0.429. The molecule has 3 N–H and O–H groups in total. The van der Waals surface area contributed by atoms with Gasteiger partial charge in [-0.25, -0.2) is 4.39 Å². The van der Waals surface area contributed by atoms with Crippen LogP contribution in [0.15, 0.2) is 24.3 Å². The number of carbonyl (C=O) groups excluding carboxylic acids is 1. The molecule has 0 bridgehead atoms. The van der Waals surface area contributed by atoms with Crippen LogP contribution in [-0.4, -0.2) is 54.1 Å². The van der Waals surface area contributed by atoms with Gasteiger partial charge >= 0.3 is 5.97 Å². The molecule has 6 nitrogen and oxygen atoms in total. The fourth-order valence-corrected chi connectivity index (χ4v) is 2.39. The number of rotatable bonds is 4. The highest BCUT2D eigenvalue weighted by atomic mass is 19.1. The van der Waals surface area contributed by atoms with Gasteiger partial charge in [-0.05, 0) is 12.1 Å². The predicted octanol–water partition coefficient (Wildman–Crippen LogP) is 0.276. The van der Waals surface area contributed by atoms with Gasteiger partial charge in [-0.3, -0.25) is 9.59 Å². The summed E-state index contributed by atoms with van der Waals surface area (Å²) >= 11 is 0. The molecule has 1 aliphatic rings. The Labute approximate surface area is 121 Å². The first-order valence-electron chi connectivity index (χ1n) is 6.74. The largest absolute Gasteiger partial charge is 0.481 e. The molecule has 1 saturated heterocycles. The van der Waals surface area contributed by atoms with Crippen molar-refractivity contribution in [3.63, 3.8) is 0 Å². The fourth-order valence-electron chi connectivity index (χ4n) is 2.39. The second-order valence-electron chi connectivity index (χ2n) is 4.97. The van der Waals surface area contributed by atoms with E-state index in [4.69, 9.17) is 10.8 Å². The van der Waals surface area contributed by atoms with Crippen LogP contribution in [0, 0.1) is 5.82 Å². The van der Waals surface area contributed by atoms with Gasteiger partial charge in [0.1, 0.15) is 5.82 Å². The molecule has 0 aliphatic carbocycles. The third-order valence-electron chi connectivity index (χ3n) is 3.50. The minimum absolute atomic E-state index is 0.292. The Morgan fingerprint density at radius 2 is 1.86 bits per heavy atom. The number of carbonyl (C=O) groups is 2. The molecule has 7 heteroatoms. The van der Waals surface area contributed by atoms with Gasteiger partial charge in [-0.15, -0.1) is 0 Å². The molecule has 1 fully saturated rings. The highest BCUT2D eigenvalue weighted by Crippen LogP contribution is 2.20. The topological polar surface area (TPSA) is 86.9 Å². The summed E-state index contributed by atoms with van der Waals surface area (Å²) in [5.41, 5.74) is 6.09. The highest BCUT2D eigenvalue weighted by molar-refractivity contribution is 5.86. The standard InChI is InChI=1S/C14H18FN3O3/c15-10-3-1-2-4-12(10)17-5-7-18(8-6-17)14(21)11(16)9-13(19)20/h1-4,11H,5-9,16H2,(H,19,20). The van der Waals surface area contributed by atoms with Crippen molar-refractivity contribution in [2.75, 3.05) is 31.1 Å². The molecule has 0 spiro atoms. The molecule has 0 radical (unpaired) electrons. The SMILES string of the molecule is NC(CC(=O)O)C(=O)N1CCN(c2ccccc2F)CC1. The predicted molar refractivity (Wildman–Crippen MR) is 75.4 cm³/mol. The molecule has 1 atom stereocenters. The lowest BCUT2D eigenvalue weighted by atomic mass is 10.1. The lowest BCUT2D eigenvalue weighted by Crippen LogP contribution is -2.53. The van der Waals surface area contributed by atoms with Gasteiger partial charge in [0.15, 0.2) is 0 Å². The summed E-state index contributed by atoms with van der Waals surface area (Å²) in [6, 6.07) is 5.46. The zero-order valence-electron chi connectivity index (χ0n) is 11.5. The van der Waals surface area contributed by atoms with Crippen molar-refractivity contribution in [2.45, 2.75) is 12.5 Å². The lowest BCUT2D eigenvalue weighted by molar-refractivity contribution is -0.142. The monoisotopic (exact) mass is 295 g/mol. The number of anilines is 1. The second-order valence-corrected chi connectivity index (χ2v) is 4.97. The third kappa shape index (κ3) is 3.69. The smallest absolute Gasteiger partial charge is 0.305 e. The van der Waals surface area contributed by atoms with E-state index in [0.29, 0.717) is 31.9 Å². The normalized spacial score (nSPS) is 16.7. The van der Waals surface area contributed by atoms with Gasteiger partial charge in [-0.1, -0.05) is 12.1 Å². The van der Waals surface area contributed by atoms with Crippen molar-refractivity contribution < 1.29 is 19.1 Å². The number of halogens is 1. The molecular formula is C14H18FN3O3. The number of carboxylic acid groups (broad SMARTS) is 1. The number of hydrogen-bond acceptors (Lipinski definition) is 4. The van der Waals surface area contributed by atoms with Crippen LogP contribution in [0.4, 0.5) is 10.1 Å².